The molecular weight excluding hydrogens is 300 g/mol. The molecule has 4 rings (SSSR count). The van der Waals surface area contributed by atoms with E-state index in [2.05, 4.69) is 26.0 Å². The first-order valence-corrected chi connectivity index (χ1v) is 9.66. The number of hydrogen-bond acceptors (Lipinski definition) is 3. The first-order chi connectivity index (χ1) is 11.4. The summed E-state index contributed by atoms with van der Waals surface area (Å²) < 4.78 is 5.65. The summed E-state index contributed by atoms with van der Waals surface area (Å²) in [5.41, 5.74) is 1.30. The lowest BCUT2D eigenvalue weighted by Crippen LogP contribution is -2.50. The third-order valence-corrected chi connectivity index (χ3v) is 7.79. The van der Waals surface area contributed by atoms with Crippen LogP contribution >= 0.6 is 0 Å². The molecule has 2 fully saturated rings. The first-order valence-electron chi connectivity index (χ1n) is 9.66. The van der Waals surface area contributed by atoms with Gasteiger partial charge in [0, 0.05) is 11.8 Å². The molecule has 0 aliphatic heterocycles. The molecule has 0 heterocycles. The zero-order chi connectivity index (χ0) is 17.1. The molecule has 2 saturated carbocycles. The number of rotatable bonds is 2. The summed E-state index contributed by atoms with van der Waals surface area (Å²) in [6, 6.07) is 0. The Kier molecular flexibility index (Phi) is 3.72. The van der Waals surface area contributed by atoms with Crippen molar-refractivity contribution < 1.29 is 14.6 Å². The summed E-state index contributed by atoms with van der Waals surface area (Å²) in [5, 5.41) is 10.6. The number of fused-ring (bicyclic) bond motifs is 5. The lowest BCUT2D eigenvalue weighted by Gasteiger charge is -2.56. The Hall–Kier alpha value is -1.09. The van der Waals surface area contributed by atoms with Crippen LogP contribution in [0, 0.1) is 28.6 Å². The lowest BCUT2D eigenvalue weighted by atomic mass is 9.48. The molecule has 1 unspecified atom stereocenters. The van der Waals surface area contributed by atoms with E-state index in [1.54, 1.807) is 0 Å². The highest BCUT2D eigenvalue weighted by Gasteiger charge is 2.58. The van der Waals surface area contributed by atoms with E-state index in [0.717, 1.165) is 44.3 Å². The highest BCUT2D eigenvalue weighted by molar-refractivity contribution is 5.87. The normalized spacial score (nSPS) is 47.2. The molecule has 3 heteroatoms. The van der Waals surface area contributed by atoms with Crippen molar-refractivity contribution in [1.82, 2.24) is 0 Å². The molecule has 0 aromatic carbocycles. The summed E-state index contributed by atoms with van der Waals surface area (Å²) in [5.74, 6) is 2.94. The molecule has 0 aromatic heterocycles. The number of carbonyl (C=O) groups excluding carboxylic acids is 1. The van der Waals surface area contributed by atoms with Gasteiger partial charge in [-0.2, -0.15) is 0 Å². The van der Waals surface area contributed by atoms with Gasteiger partial charge in [-0.15, -0.1) is 0 Å². The van der Waals surface area contributed by atoms with Crippen molar-refractivity contribution >= 4 is 5.78 Å². The number of ketones is 1. The Labute approximate surface area is 145 Å². The second kappa shape index (κ2) is 5.45. The van der Waals surface area contributed by atoms with Crippen molar-refractivity contribution in [3.05, 3.63) is 23.5 Å². The van der Waals surface area contributed by atoms with E-state index in [1.807, 2.05) is 6.92 Å². The van der Waals surface area contributed by atoms with Crippen molar-refractivity contribution in [3.8, 4) is 0 Å². The van der Waals surface area contributed by atoms with E-state index in [-0.39, 0.29) is 10.8 Å². The van der Waals surface area contributed by atoms with Crippen LogP contribution in [0.4, 0.5) is 0 Å². The first kappa shape index (κ1) is 16.4. The number of carbonyl (C=O) groups is 1. The van der Waals surface area contributed by atoms with Gasteiger partial charge in [0.05, 0.1) is 6.61 Å². The topological polar surface area (TPSA) is 46.5 Å². The van der Waals surface area contributed by atoms with Crippen LogP contribution < -0.4 is 0 Å². The molecular formula is C21H30O3. The van der Waals surface area contributed by atoms with Gasteiger partial charge in [0.15, 0.2) is 0 Å². The fraction of sp³-hybridized carbons (Fsp3) is 0.762. The molecule has 0 aromatic rings. The Balaban J connectivity index is 1.69. The van der Waals surface area contributed by atoms with Crippen LogP contribution in [0.3, 0.4) is 0 Å². The Morgan fingerprint density at radius 3 is 2.75 bits per heavy atom. The van der Waals surface area contributed by atoms with Crippen LogP contribution in [0.1, 0.15) is 59.3 Å². The SMILES string of the molecule is CCOC1=CC2=CC[C@@H]3[C@H](CC[C@]4(C)C(=O)CC[C@@H]34)[C@@]2(C)CC1O. The van der Waals surface area contributed by atoms with E-state index in [0.29, 0.717) is 30.1 Å². The number of Topliss-reactive ketones (excluding diaryl/α,β-unsaturated/α-hetero) is 1. The van der Waals surface area contributed by atoms with Crippen molar-refractivity contribution in [1.29, 1.82) is 0 Å². The van der Waals surface area contributed by atoms with E-state index in [9.17, 15) is 9.90 Å². The molecule has 132 valence electrons. The standard InChI is InChI=1S/C21H30O3/c1-4-24-18-11-13-5-6-14-15-7-8-19(23)20(15,2)10-9-16(14)21(13,3)12-17(18)22/h5,11,14-17,22H,4,6-10,12H2,1-3H3/t14-,15-,16-,17?,20-,21-/m0/s1. The predicted octanol–water partition coefficient (Wildman–Crippen LogP) is 4.02. The van der Waals surface area contributed by atoms with Crippen LogP contribution in [-0.4, -0.2) is 23.6 Å². The van der Waals surface area contributed by atoms with Gasteiger partial charge in [0.1, 0.15) is 17.6 Å². The minimum Gasteiger partial charge on any atom is -0.495 e. The van der Waals surface area contributed by atoms with Crippen molar-refractivity contribution in [2.45, 2.75) is 65.4 Å². The van der Waals surface area contributed by atoms with Gasteiger partial charge in [-0.1, -0.05) is 19.9 Å². The molecule has 0 saturated heterocycles. The molecule has 4 aliphatic carbocycles. The van der Waals surface area contributed by atoms with E-state index >= 15 is 0 Å². The maximum Gasteiger partial charge on any atom is 0.139 e. The van der Waals surface area contributed by atoms with Gasteiger partial charge in [-0.05, 0) is 73.8 Å². The quantitative estimate of drug-likeness (QED) is 0.832. The summed E-state index contributed by atoms with van der Waals surface area (Å²) in [7, 11) is 0. The molecule has 0 bridgehead atoms. The molecule has 6 atom stereocenters. The maximum atomic E-state index is 12.5. The van der Waals surface area contributed by atoms with E-state index in [1.165, 1.54) is 5.57 Å². The Morgan fingerprint density at radius 1 is 1.25 bits per heavy atom. The van der Waals surface area contributed by atoms with Crippen LogP contribution in [-0.2, 0) is 9.53 Å². The highest BCUT2D eigenvalue weighted by atomic mass is 16.5. The molecule has 0 amide bonds. The zero-order valence-corrected chi connectivity index (χ0v) is 15.2. The summed E-state index contributed by atoms with van der Waals surface area (Å²) in [4.78, 5) is 12.5. The maximum absolute atomic E-state index is 12.5. The van der Waals surface area contributed by atoms with Crippen molar-refractivity contribution in [2.75, 3.05) is 6.61 Å². The third-order valence-electron chi connectivity index (χ3n) is 7.79. The number of aliphatic hydroxyl groups is 1. The zero-order valence-electron chi connectivity index (χ0n) is 15.2. The van der Waals surface area contributed by atoms with Crippen LogP contribution in [0.25, 0.3) is 0 Å². The van der Waals surface area contributed by atoms with Crippen LogP contribution in [0.15, 0.2) is 23.5 Å². The largest absolute Gasteiger partial charge is 0.495 e. The fourth-order valence-corrected chi connectivity index (χ4v) is 6.44. The lowest BCUT2D eigenvalue weighted by molar-refractivity contribution is -0.132. The fourth-order valence-electron chi connectivity index (χ4n) is 6.44. The monoisotopic (exact) mass is 330 g/mol. The van der Waals surface area contributed by atoms with Gasteiger partial charge < -0.3 is 9.84 Å². The number of ether oxygens (including phenoxy) is 1. The molecule has 3 nitrogen and oxygen atoms in total. The average molecular weight is 330 g/mol. The number of allylic oxidation sites excluding steroid dienone is 3. The van der Waals surface area contributed by atoms with Gasteiger partial charge >= 0.3 is 0 Å². The minimum absolute atomic E-state index is 0.0237. The summed E-state index contributed by atoms with van der Waals surface area (Å²) >= 11 is 0. The molecule has 0 spiro atoms. The Morgan fingerprint density at radius 2 is 2.00 bits per heavy atom. The molecule has 4 aliphatic rings. The van der Waals surface area contributed by atoms with Crippen molar-refractivity contribution in [3.63, 3.8) is 0 Å². The third kappa shape index (κ3) is 2.09. The minimum atomic E-state index is -0.496. The average Bonchev–Trinajstić information content (AvgIpc) is 2.84. The smallest absolute Gasteiger partial charge is 0.139 e. The van der Waals surface area contributed by atoms with Gasteiger partial charge in [-0.25, -0.2) is 0 Å². The predicted molar refractivity (Wildman–Crippen MR) is 93.2 cm³/mol. The number of hydrogen-bond donors (Lipinski definition) is 1. The van der Waals surface area contributed by atoms with E-state index < -0.39 is 6.10 Å². The van der Waals surface area contributed by atoms with Crippen molar-refractivity contribution in [2.24, 2.45) is 28.6 Å². The molecule has 24 heavy (non-hydrogen) atoms. The highest BCUT2D eigenvalue weighted by Crippen LogP contribution is 2.63. The summed E-state index contributed by atoms with van der Waals surface area (Å²) in [6.45, 7) is 7.11. The van der Waals surface area contributed by atoms with Gasteiger partial charge in [0.2, 0.25) is 0 Å². The van der Waals surface area contributed by atoms with Crippen LogP contribution in [0.2, 0.25) is 0 Å². The Bertz CT molecular complexity index is 619. The van der Waals surface area contributed by atoms with Gasteiger partial charge in [0.25, 0.3) is 0 Å². The van der Waals surface area contributed by atoms with Gasteiger partial charge in [-0.3, -0.25) is 4.79 Å². The molecule has 0 radical (unpaired) electrons. The second-order valence-corrected chi connectivity index (χ2v) is 8.81. The number of aliphatic hydroxyl groups excluding tert-OH is 1. The van der Waals surface area contributed by atoms with Crippen LogP contribution in [0.5, 0.6) is 0 Å². The molecule has 1 N–H and O–H groups in total. The second-order valence-electron chi connectivity index (χ2n) is 8.81. The summed E-state index contributed by atoms with van der Waals surface area (Å²) in [6.07, 6.45) is 9.79. The van der Waals surface area contributed by atoms with E-state index in [4.69, 9.17) is 4.74 Å².